The van der Waals surface area contributed by atoms with E-state index in [1.54, 1.807) is 0 Å². The number of hydrogen-bond acceptors (Lipinski definition) is 3. The molecule has 0 aliphatic carbocycles. The average Bonchev–Trinajstić information content (AvgIpc) is 2.91. The molecule has 3 heteroatoms. The summed E-state index contributed by atoms with van der Waals surface area (Å²) in [4.78, 5) is 0. The fraction of sp³-hybridized carbons (Fsp3) is 0.500. The molecule has 2 aliphatic rings. The van der Waals surface area contributed by atoms with E-state index in [0.29, 0.717) is 18.2 Å². The molecule has 17 heavy (non-hydrogen) atoms. The maximum Gasteiger partial charge on any atom is 0.0994 e. The Morgan fingerprint density at radius 2 is 2.29 bits per heavy atom. The van der Waals surface area contributed by atoms with Gasteiger partial charge >= 0.3 is 0 Å². The number of nitrogens with zero attached hydrogens (tertiary/aromatic N) is 1. The second-order valence-electron chi connectivity index (χ2n) is 5.00. The molecule has 2 heterocycles. The van der Waals surface area contributed by atoms with Gasteiger partial charge in [-0.3, -0.25) is 0 Å². The van der Waals surface area contributed by atoms with Gasteiger partial charge in [-0.15, -0.1) is 0 Å². The number of nitriles is 1. The van der Waals surface area contributed by atoms with Crippen LogP contribution >= 0.6 is 0 Å². The highest BCUT2D eigenvalue weighted by Crippen LogP contribution is 2.36. The number of ether oxygens (including phenoxy) is 1. The van der Waals surface area contributed by atoms with E-state index in [-0.39, 0.29) is 0 Å². The Kier molecular flexibility index (Phi) is 2.53. The minimum Gasteiger partial charge on any atom is -0.380 e. The Morgan fingerprint density at radius 3 is 2.88 bits per heavy atom. The Morgan fingerprint density at radius 1 is 1.41 bits per heavy atom. The van der Waals surface area contributed by atoms with Crippen molar-refractivity contribution in [3.63, 3.8) is 0 Å². The molecule has 1 N–H and O–H groups in total. The zero-order chi connectivity index (χ0) is 11.8. The number of hydrogen-bond donors (Lipinski definition) is 1. The van der Waals surface area contributed by atoms with Gasteiger partial charge in [-0.2, -0.15) is 5.26 Å². The average molecular weight is 228 g/mol. The van der Waals surface area contributed by atoms with Crippen molar-refractivity contribution in [1.29, 1.82) is 5.26 Å². The molecule has 1 aromatic rings. The van der Waals surface area contributed by atoms with Crippen LogP contribution in [0, 0.1) is 18.3 Å². The quantitative estimate of drug-likeness (QED) is 0.846. The highest BCUT2D eigenvalue weighted by Gasteiger charge is 2.40. The lowest BCUT2D eigenvalue weighted by atomic mass is 9.95. The van der Waals surface area contributed by atoms with Gasteiger partial charge in [0.1, 0.15) is 0 Å². The normalized spacial score (nSPS) is 30.2. The SMILES string of the molecule is Cc1cc(NC2CC3CCC2O3)ccc1C#N. The minimum absolute atomic E-state index is 0.385. The van der Waals surface area contributed by atoms with Gasteiger partial charge in [0.2, 0.25) is 0 Å². The van der Waals surface area contributed by atoms with Crippen molar-refractivity contribution in [1.82, 2.24) is 0 Å². The third-order valence-corrected chi connectivity index (χ3v) is 3.80. The van der Waals surface area contributed by atoms with E-state index in [0.717, 1.165) is 23.2 Å². The summed E-state index contributed by atoms with van der Waals surface area (Å²) in [5.74, 6) is 0. The summed E-state index contributed by atoms with van der Waals surface area (Å²) >= 11 is 0. The Labute approximate surface area is 101 Å². The monoisotopic (exact) mass is 228 g/mol. The van der Waals surface area contributed by atoms with Crippen LogP contribution in [0.3, 0.4) is 0 Å². The topological polar surface area (TPSA) is 45.0 Å². The lowest BCUT2D eigenvalue weighted by molar-refractivity contribution is 0.102. The van der Waals surface area contributed by atoms with E-state index in [4.69, 9.17) is 10.00 Å². The predicted molar refractivity (Wildman–Crippen MR) is 65.8 cm³/mol. The molecular weight excluding hydrogens is 212 g/mol. The van der Waals surface area contributed by atoms with Crippen LogP contribution in [0.25, 0.3) is 0 Å². The van der Waals surface area contributed by atoms with Gasteiger partial charge in [-0.25, -0.2) is 0 Å². The van der Waals surface area contributed by atoms with Crippen molar-refractivity contribution in [2.75, 3.05) is 5.32 Å². The maximum absolute atomic E-state index is 8.89. The highest BCUT2D eigenvalue weighted by molar-refractivity contribution is 5.52. The first kappa shape index (κ1) is 10.6. The summed E-state index contributed by atoms with van der Waals surface area (Å²) in [5, 5.41) is 12.4. The number of benzene rings is 1. The van der Waals surface area contributed by atoms with Crippen molar-refractivity contribution >= 4 is 5.69 Å². The number of aryl methyl sites for hydroxylation is 1. The van der Waals surface area contributed by atoms with Crippen LogP contribution in [-0.4, -0.2) is 18.2 Å². The molecule has 3 nitrogen and oxygen atoms in total. The first-order chi connectivity index (χ1) is 8.26. The molecule has 2 fully saturated rings. The molecule has 0 saturated carbocycles. The Bertz CT molecular complexity index is 478. The summed E-state index contributed by atoms with van der Waals surface area (Å²) in [6.07, 6.45) is 4.37. The number of nitrogens with one attached hydrogen (secondary N) is 1. The summed E-state index contributed by atoms with van der Waals surface area (Å²) < 4.78 is 5.82. The molecule has 88 valence electrons. The molecule has 1 aromatic carbocycles. The largest absolute Gasteiger partial charge is 0.380 e. The van der Waals surface area contributed by atoms with E-state index >= 15 is 0 Å². The minimum atomic E-state index is 0.385. The van der Waals surface area contributed by atoms with Crippen molar-refractivity contribution < 1.29 is 4.74 Å². The van der Waals surface area contributed by atoms with Crippen molar-refractivity contribution in [2.45, 2.75) is 44.4 Å². The van der Waals surface area contributed by atoms with Crippen molar-refractivity contribution in [3.8, 4) is 6.07 Å². The first-order valence-electron chi connectivity index (χ1n) is 6.19. The first-order valence-corrected chi connectivity index (χ1v) is 6.19. The van der Waals surface area contributed by atoms with Crippen LogP contribution in [0.5, 0.6) is 0 Å². The lowest BCUT2D eigenvalue weighted by Crippen LogP contribution is -2.30. The smallest absolute Gasteiger partial charge is 0.0994 e. The van der Waals surface area contributed by atoms with Crippen LogP contribution in [0.15, 0.2) is 18.2 Å². The second-order valence-corrected chi connectivity index (χ2v) is 5.00. The molecule has 0 aromatic heterocycles. The predicted octanol–water partition coefficient (Wildman–Crippen LogP) is 2.60. The summed E-state index contributed by atoms with van der Waals surface area (Å²) in [6, 6.07) is 8.55. The number of fused-ring (bicyclic) bond motifs is 2. The van der Waals surface area contributed by atoms with E-state index in [2.05, 4.69) is 11.4 Å². The maximum atomic E-state index is 8.89. The Hall–Kier alpha value is -1.53. The molecule has 3 unspecified atom stereocenters. The summed E-state index contributed by atoms with van der Waals surface area (Å²) in [5.41, 5.74) is 2.88. The standard InChI is InChI=1S/C14H16N2O/c1-9-6-11(3-2-10(9)8-15)16-13-7-12-4-5-14(13)17-12/h2-3,6,12-14,16H,4-5,7H2,1H3. The van der Waals surface area contributed by atoms with Gasteiger partial charge in [-0.05, 0) is 49.9 Å². The summed E-state index contributed by atoms with van der Waals surface area (Å²) in [7, 11) is 0. The third kappa shape index (κ3) is 1.89. The molecule has 3 rings (SSSR count). The zero-order valence-corrected chi connectivity index (χ0v) is 9.94. The van der Waals surface area contributed by atoms with Crippen LogP contribution in [0.2, 0.25) is 0 Å². The van der Waals surface area contributed by atoms with E-state index in [1.807, 2.05) is 25.1 Å². The molecule has 0 radical (unpaired) electrons. The van der Waals surface area contributed by atoms with Crippen LogP contribution in [-0.2, 0) is 4.74 Å². The molecular formula is C14H16N2O. The zero-order valence-electron chi connectivity index (χ0n) is 9.94. The van der Waals surface area contributed by atoms with Gasteiger partial charge in [0.05, 0.1) is 29.9 Å². The molecule has 2 bridgehead atoms. The number of anilines is 1. The fourth-order valence-corrected chi connectivity index (χ4v) is 2.88. The van der Waals surface area contributed by atoms with E-state index in [1.165, 1.54) is 12.8 Å². The summed E-state index contributed by atoms with van der Waals surface area (Å²) in [6.45, 7) is 1.97. The van der Waals surface area contributed by atoms with Crippen LogP contribution < -0.4 is 5.32 Å². The van der Waals surface area contributed by atoms with Crippen molar-refractivity contribution in [2.24, 2.45) is 0 Å². The highest BCUT2D eigenvalue weighted by atomic mass is 16.5. The molecule has 3 atom stereocenters. The Balaban J connectivity index is 1.74. The lowest BCUT2D eigenvalue weighted by Gasteiger charge is -2.21. The van der Waals surface area contributed by atoms with Crippen molar-refractivity contribution in [3.05, 3.63) is 29.3 Å². The molecule has 2 aliphatic heterocycles. The van der Waals surface area contributed by atoms with Gasteiger partial charge in [-0.1, -0.05) is 0 Å². The van der Waals surface area contributed by atoms with E-state index < -0.39 is 0 Å². The van der Waals surface area contributed by atoms with Crippen LogP contribution in [0.4, 0.5) is 5.69 Å². The van der Waals surface area contributed by atoms with Gasteiger partial charge in [0.15, 0.2) is 0 Å². The molecule has 0 spiro atoms. The number of rotatable bonds is 2. The molecule has 0 amide bonds. The van der Waals surface area contributed by atoms with Gasteiger partial charge < -0.3 is 10.1 Å². The molecule has 2 saturated heterocycles. The second kappa shape index (κ2) is 4.05. The van der Waals surface area contributed by atoms with Gasteiger partial charge in [0, 0.05) is 5.69 Å². The van der Waals surface area contributed by atoms with Gasteiger partial charge in [0.25, 0.3) is 0 Å². The third-order valence-electron chi connectivity index (χ3n) is 3.80. The van der Waals surface area contributed by atoms with Crippen LogP contribution in [0.1, 0.15) is 30.4 Å². The fourth-order valence-electron chi connectivity index (χ4n) is 2.88. The van der Waals surface area contributed by atoms with E-state index in [9.17, 15) is 0 Å².